The van der Waals surface area contributed by atoms with E-state index >= 15 is 0 Å². The molecule has 0 spiro atoms. The van der Waals surface area contributed by atoms with Crippen LogP contribution in [0.1, 0.15) is 71.7 Å². The topological polar surface area (TPSA) is 92.0 Å². The minimum absolute atomic E-state index is 0.0158. The number of fused-ring (bicyclic) bond motifs is 5. The molecule has 0 saturated heterocycles. The first kappa shape index (κ1) is 27.0. The van der Waals surface area contributed by atoms with Crippen molar-refractivity contribution in [3.8, 4) is 5.75 Å². The normalized spacial score (nSPS) is 14.2. The van der Waals surface area contributed by atoms with Gasteiger partial charge in [-0.2, -0.15) is 0 Å². The number of rotatable bonds is 5. The molecular weight excluding hydrogens is 532 g/mol. The number of hydrogen-bond acceptors (Lipinski definition) is 7. The minimum Gasteiger partial charge on any atom is -0.465 e. The summed E-state index contributed by atoms with van der Waals surface area (Å²) in [7, 11) is 2.50. The quantitative estimate of drug-likeness (QED) is 0.162. The first-order chi connectivity index (χ1) is 20.2. The minimum atomic E-state index is -0.720. The highest BCUT2D eigenvalue weighted by Gasteiger charge is 2.34. The Kier molecular flexibility index (Phi) is 6.65. The predicted octanol–water partition coefficient (Wildman–Crippen LogP) is 7.54. The summed E-state index contributed by atoms with van der Waals surface area (Å²) in [5.41, 5.74) is 5.49. The van der Waals surface area contributed by atoms with E-state index in [0.717, 1.165) is 16.7 Å². The molecule has 5 aromatic rings. The average molecular weight is 561 g/mol. The summed E-state index contributed by atoms with van der Waals surface area (Å²) in [4.78, 5) is 39.2. The summed E-state index contributed by atoms with van der Waals surface area (Å²) in [5, 5.41) is 0.877. The maximum absolute atomic E-state index is 13.2. The van der Waals surface area contributed by atoms with Crippen LogP contribution in [0.15, 0.2) is 77.2 Å². The number of carbonyl (C=O) groups is 3. The Hall–Kier alpha value is -5.17. The second-order valence-electron chi connectivity index (χ2n) is 10.4. The van der Waals surface area contributed by atoms with Crippen molar-refractivity contribution in [2.24, 2.45) is 0 Å². The second kappa shape index (κ2) is 10.3. The molecule has 0 bridgehead atoms. The Labute approximate surface area is 242 Å². The van der Waals surface area contributed by atoms with Crippen molar-refractivity contribution in [2.45, 2.75) is 26.7 Å². The number of esters is 2. The SMILES string of the molecule is COC(=O)c1cc(C)c2oc3c4c(c(C(C)=O)cc3c2c1C(=O)OC)OC(c1ccc(C)cc1)=CC4c1ccccc1. The second-order valence-corrected chi connectivity index (χ2v) is 10.4. The van der Waals surface area contributed by atoms with Gasteiger partial charge >= 0.3 is 11.9 Å². The van der Waals surface area contributed by atoms with Crippen molar-refractivity contribution in [1.29, 1.82) is 0 Å². The molecule has 2 heterocycles. The lowest BCUT2D eigenvalue weighted by Gasteiger charge is -2.27. The van der Waals surface area contributed by atoms with E-state index in [1.165, 1.54) is 21.1 Å². The number of furan rings is 1. The number of Topliss-reactive ketones (excluding diaryl/α,β-unsaturated/α-hetero) is 1. The molecule has 0 radical (unpaired) electrons. The maximum atomic E-state index is 13.2. The van der Waals surface area contributed by atoms with Gasteiger partial charge in [0.2, 0.25) is 0 Å². The zero-order valence-corrected chi connectivity index (χ0v) is 23.9. The highest BCUT2D eigenvalue weighted by Crippen LogP contribution is 2.50. The van der Waals surface area contributed by atoms with E-state index in [2.05, 4.69) is 0 Å². The Morgan fingerprint density at radius 1 is 0.810 bits per heavy atom. The van der Waals surface area contributed by atoms with Crippen molar-refractivity contribution in [2.75, 3.05) is 14.2 Å². The van der Waals surface area contributed by atoms with Gasteiger partial charge in [-0.05, 0) is 50.1 Å². The summed E-state index contributed by atoms with van der Waals surface area (Å²) in [5.74, 6) is -0.964. The number of hydrogen-bond donors (Lipinski definition) is 0. The molecule has 6 rings (SSSR count). The summed E-state index contributed by atoms with van der Waals surface area (Å²) in [6, 6.07) is 21.1. The molecule has 0 aliphatic carbocycles. The van der Waals surface area contributed by atoms with Gasteiger partial charge in [-0.1, -0.05) is 60.2 Å². The van der Waals surface area contributed by atoms with Gasteiger partial charge in [0.1, 0.15) is 22.7 Å². The first-order valence-corrected chi connectivity index (χ1v) is 13.5. The van der Waals surface area contributed by atoms with Gasteiger partial charge in [0.25, 0.3) is 0 Å². The fourth-order valence-corrected chi connectivity index (χ4v) is 5.67. The molecular formula is C35H28O7. The number of aryl methyl sites for hydroxylation is 2. The lowest BCUT2D eigenvalue weighted by molar-refractivity contribution is 0.0557. The molecule has 42 heavy (non-hydrogen) atoms. The molecule has 0 saturated carbocycles. The van der Waals surface area contributed by atoms with E-state index < -0.39 is 11.9 Å². The van der Waals surface area contributed by atoms with Crippen LogP contribution in [0.25, 0.3) is 27.7 Å². The van der Waals surface area contributed by atoms with E-state index in [0.29, 0.717) is 50.1 Å². The molecule has 1 aliphatic heterocycles. The molecule has 0 fully saturated rings. The Bertz CT molecular complexity index is 1940. The summed E-state index contributed by atoms with van der Waals surface area (Å²) in [6.07, 6.45) is 2.02. The van der Waals surface area contributed by atoms with E-state index in [1.54, 1.807) is 19.1 Å². The van der Waals surface area contributed by atoms with E-state index in [9.17, 15) is 14.4 Å². The Morgan fingerprint density at radius 3 is 2.14 bits per heavy atom. The molecule has 0 amide bonds. The Morgan fingerprint density at radius 2 is 1.50 bits per heavy atom. The van der Waals surface area contributed by atoms with Crippen molar-refractivity contribution >= 4 is 45.4 Å². The third-order valence-corrected chi connectivity index (χ3v) is 7.72. The van der Waals surface area contributed by atoms with Crippen LogP contribution >= 0.6 is 0 Å². The standard InChI is InChI=1S/C35H28O7/c1-18-11-13-22(14-12-18)27-17-24(21-9-7-6-8-10-21)30-32(41-27)23(20(3)36)16-25-28-29(35(38)40-5)26(34(37)39-4)15-19(2)31(28)42-33(25)30/h6-17,24H,1-5H3. The molecule has 7 nitrogen and oxygen atoms in total. The van der Waals surface area contributed by atoms with Crippen LogP contribution in [0.2, 0.25) is 0 Å². The van der Waals surface area contributed by atoms with E-state index in [4.69, 9.17) is 18.6 Å². The zero-order valence-electron chi connectivity index (χ0n) is 23.9. The fraction of sp³-hybridized carbons (Fsp3) is 0.171. The van der Waals surface area contributed by atoms with Gasteiger partial charge in [0.05, 0.1) is 36.5 Å². The monoisotopic (exact) mass is 560 g/mol. The van der Waals surface area contributed by atoms with Gasteiger partial charge in [-0.3, -0.25) is 4.79 Å². The van der Waals surface area contributed by atoms with Crippen LogP contribution in [0.5, 0.6) is 5.75 Å². The largest absolute Gasteiger partial charge is 0.465 e. The molecule has 1 aliphatic rings. The number of ketones is 1. The maximum Gasteiger partial charge on any atom is 0.339 e. The Balaban J connectivity index is 1.76. The smallest absolute Gasteiger partial charge is 0.339 e. The van der Waals surface area contributed by atoms with Crippen LogP contribution in [0.3, 0.4) is 0 Å². The van der Waals surface area contributed by atoms with Gasteiger partial charge in [0.15, 0.2) is 5.78 Å². The lowest BCUT2D eigenvalue weighted by Crippen LogP contribution is -2.14. The lowest BCUT2D eigenvalue weighted by atomic mass is 9.84. The molecule has 210 valence electrons. The number of allylic oxidation sites excluding steroid dienone is 1. The van der Waals surface area contributed by atoms with Gasteiger partial charge in [0, 0.05) is 22.3 Å². The molecule has 1 aromatic heterocycles. The predicted molar refractivity (Wildman–Crippen MR) is 159 cm³/mol. The van der Waals surface area contributed by atoms with Crippen LogP contribution in [0, 0.1) is 13.8 Å². The van der Waals surface area contributed by atoms with Crippen molar-refractivity contribution in [3.05, 3.63) is 117 Å². The van der Waals surface area contributed by atoms with Crippen molar-refractivity contribution in [1.82, 2.24) is 0 Å². The van der Waals surface area contributed by atoms with Gasteiger partial charge in [-0.15, -0.1) is 0 Å². The molecule has 1 unspecified atom stereocenters. The zero-order chi connectivity index (χ0) is 29.7. The number of benzene rings is 4. The highest BCUT2D eigenvalue weighted by molar-refractivity contribution is 6.22. The number of carbonyl (C=O) groups excluding carboxylic acids is 3. The first-order valence-electron chi connectivity index (χ1n) is 13.5. The third-order valence-electron chi connectivity index (χ3n) is 7.72. The highest BCUT2D eigenvalue weighted by atomic mass is 16.5. The number of ether oxygens (including phenoxy) is 3. The van der Waals surface area contributed by atoms with Crippen molar-refractivity contribution < 1.29 is 33.0 Å². The summed E-state index contributed by atoms with van der Waals surface area (Å²) >= 11 is 0. The summed E-state index contributed by atoms with van der Waals surface area (Å²) < 4.78 is 23.2. The molecule has 7 heteroatoms. The van der Waals surface area contributed by atoms with E-state index in [1.807, 2.05) is 67.6 Å². The summed E-state index contributed by atoms with van der Waals surface area (Å²) in [6.45, 7) is 5.28. The molecule has 4 aromatic carbocycles. The van der Waals surface area contributed by atoms with Gasteiger partial charge in [-0.25, -0.2) is 9.59 Å². The fourth-order valence-electron chi connectivity index (χ4n) is 5.67. The van der Waals surface area contributed by atoms with Gasteiger partial charge < -0.3 is 18.6 Å². The molecule has 1 atom stereocenters. The van der Waals surface area contributed by atoms with Crippen LogP contribution in [-0.2, 0) is 9.47 Å². The van der Waals surface area contributed by atoms with Crippen LogP contribution in [0.4, 0.5) is 0 Å². The number of methoxy groups -OCH3 is 2. The van der Waals surface area contributed by atoms with Crippen LogP contribution < -0.4 is 4.74 Å². The van der Waals surface area contributed by atoms with Crippen LogP contribution in [-0.4, -0.2) is 31.9 Å². The van der Waals surface area contributed by atoms with Crippen molar-refractivity contribution in [3.63, 3.8) is 0 Å². The van der Waals surface area contributed by atoms with E-state index in [-0.39, 0.29) is 22.8 Å². The average Bonchev–Trinajstić information content (AvgIpc) is 3.40. The molecule has 0 N–H and O–H groups in total. The third kappa shape index (κ3) is 4.25.